The average molecular weight is 409 g/mol. The summed E-state index contributed by atoms with van der Waals surface area (Å²) in [6.45, 7) is 0.621. The summed E-state index contributed by atoms with van der Waals surface area (Å²) in [4.78, 5) is 16.4. The first kappa shape index (κ1) is 18.7. The zero-order valence-electron chi connectivity index (χ0n) is 15.2. The van der Waals surface area contributed by atoms with Crippen molar-refractivity contribution in [1.29, 1.82) is 0 Å². The van der Waals surface area contributed by atoms with E-state index in [2.05, 4.69) is 25.7 Å². The van der Waals surface area contributed by atoms with E-state index in [0.29, 0.717) is 34.0 Å². The Morgan fingerprint density at radius 2 is 1.97 bits per heavy atom. The number of nitrogens with zero attached hydrogens (tertiary/aromatic N) is 3. The first-order valence-corrected chi connectivity index (χ1v) is 9.18. The second-order valence-corrected chi connectivity index (χ2v) is 6.71. The number of nitrogen functional groups attached to an aromatic ring is 1. The number of fused-ring (bicyclic) bond motifs is 1. The topological polar surface area (TPSA) is 119 Å². The zero-order chi connectivity index (χ0) is 20.2. The van der Waals surface area contributed by atoms with E-state index in [4.69, 9.17) is 22.1 Å². The largest absolute Gasteiger partial charge is 0.486 e. The molecule has 0 radical (unpaired) electrons. The fraction of sp³-hybridized carbons (Fsp3) is 0.100. The molecule has 146 valence electrons. The number of carbonyl (C=O) groups excluding carboxylic acids is 1. The molecule has 0 saturated carbocycles. The monoisotopic (exact) mass is 408 g/mol. The number of hydrogen-bond donors (Lipinski definition) is 3. The molecular weight excluding hydrogens is 392 g/mol. The van der Waals surface area contributed by atoms with Gasteiger partial charge in [-0.3, -0.25) is 4.79 Å². The Bertz CT molecular complexity index is 1160. The number of nitrogens with one attached hydrogen (secondary N) is 2. The Labute approximate surface area is 171 Å². The molecule has 2 aromatic carbocycles. The van der Waals surface area contributed by atoms with Gasteiger partial charge < -0.3 is 15.8 Å². The highest BCUT2D eigenvalue weighted by Gasteiger charge is 2.12. The summed E-state index contributed by atoms with van der Waals surface area (Å²) in [6.07, 6.45) is 0. The van der Waals surface area contributed by atoms with Crippen molar-refractivity contribution in [3.63, 3.8) is 0 Å². The maximum atomic E-state index is 12.4. The quantitative estimate of drug-likeness (QED) is 0.451. The molecule has 0 saturated heterocycles. The molecule has 2 heterocycles. The molecule has 2 aromatic heterocycles. The van der Waals surface area contributed by atoms with Crippen molar-refractivity contribution in [3.05, 3.63) is 76.3 Å². The van der Waals surface area contributed by atoms with Crippen molar-refractivity contribution in [3.8, 4) is 5.75 Å². The van der Waals surface area contributed by atoms with Gasteiger partial charge in [0.1, 0.15) is 12.4 Å². The van der Waals surface area contributed by atoms with E-state index < -0.39 is 0 Å². The molecule has 4 aromatic rings. The minimum absolute atomic E-state index is 0.177. The van der Waals surface area contributed by atoms with E-state index >= 15 is 0 Å². The van der Waals surface area contributed by atoms with Crippen molar-refractivity contribution in [2.45, 2.75) is 13.2 Å². The van der Waals surface area contributed by atoms with Crippen LogP contribution in [0.2, 0.25) is 5.02 Å². The smallest absolute Gasteiger partial charge is 0.251 e. The second kappa shape index (κ2) is 8.15. The highest BCUT2D eigenvalue weighted by Crippen LogP contribution is 2.26. The van der Waals surface area contributed by atoms with Gasteiger partial charge in [0.05, 0.1) is 0 Å². The van der Waals surface area contributed by atoms with Crippen molar-refractivity contribution >= 4 is 34.5 Å². The molecule has 29 heavy (non-hydrogen) atoms. The minimum Gasteiger partial charge on any atom is -0.486 e. The van der Waals surface area contributed by atoms with Crippen LogP contribution >= 0.6 is 11.6 Å². The molecule has 4 rings (SSSR count). The van der Waals surface area contributed by atoms with Crippen LogP contribution in [0.15, 0.2) is 54.6 Å². The number of H-pyrrole nitrogens is 1. The molecule has 0 atom stereocenters. The third-order valence-electron chi connectivity index (χ3n) is 4.27. The average Bonchev–Trinajstić information content (AvgIpc) is 3.20. The van der Waals surface area contributed by atoms with Crippen LogP contribution in [0.5, 0.6) is 5.75 Å². The van der Waals surface area contributed by atoms with Gasteiger partial charge in [0.25, 0.3) is 5.91 Å². The van der Waals surface area contributed by atoms with Crippen LogP contribution in [0.1, 0.15) is 21.5 Å². The van der Waals surface area contributed by atoms with Crippen LogP contribution in [0.25, 0.3) is 11.2 Å². The lowest BCUT2D eigenvalue weighted by Crippen LogP contribution is -2.22. The number of ether oxygens (including phenoxy) is 1. The van der Waals surface area contributed by atoms with Gasteiger partial charge in [-0.05, 0) is 17.7 Å². The normalized spacial score (nSPS) is 10.8. The number of aromatic nitrogens is 4. The van der Waals surface area contributed by atoms with Crippen molar-refractivity contribution < 1.29 is 9.53 Å². The molecule has 1 amide bonds. The molecule has 0 fully saturated rings. The minimum atomic E-state index is -0.200. The molecule has 0 spiro atoms. The van der Waals surface area contributed by atoms with E-state index in [9.17, 15) is 4.79 Å². The molecule has 4 N–H and O–H groups in total. The molecule has 0 aliphatic heterocycles. The summed E-state index contributed by atoms with van der Waals surface area (Å²) >= 11 is 6.35. The van der Waals surface area contributed by atoms with Gasteiger partial charge in [-0.2, -0.15) is 10.3 Å². The van der Waals surface area contributed by atoms with Crippen molar-refractivity contribution in [2.75, 3.05) is 5.73 Å². The number of rotatable bonds is 6. The molecule has 8 nitrogen and oxygen atoms in total. The summed E-state index contributed by atoms with van der Waals surface area (Å²) in [7, 11) is 0. The Morgan fingerprint density at radius 3 is 2.76 bits per heavy atom. The Morgan fingerprint density at radius 1 is 1.14 bits per heavy atom. The highest BCUT2D eigenvalue weighted by molar-refractivity contribution is 6.31. The maximum Gasteiger partial charge on any atom is 0.251 e. The highest BCUT2D eigenvalue weighted by atomic mass is 35.5. The summed E-state index contributed by atoms with van der Waals surface area (Å²) in [5.41, 5.74) is 8.83. The van der Waals surface area contributed by atoms with E-state index in [-0.39, 0.29) is 18.3 Å². The standard InChI is InChI=1S/C20H17ClN6O2/c21-15-8-13(20(28)23-10-12-4-2-1-3-5-12)6-7-14(15)11-29-16-9-17(22)24-19-18(16)25-27-26-19/h1-9H,10-11H2,(H,23,28)(H3,22,24,25,26,27). The van der Waals surface area contributed by atoms with Crippen LogP contribution in [0.4, 0.5) is 5.82 Å². The second-order valence-electron chi connectivity index (χ2n) is 6.30. The number of halogens is 1. The summed E-state index contributed by atoms with van der Waals surface area (Å²) in [6, 6.07) is 16.3. The maximum absolute atomic E-state index is 12.4. The third kappa shape index (κ3) is 4.27. The molecule has 0 unspecified atom stereocenters. The van der Waals surface area contributed by atoms with Gasteiger partial charge in [0.15, 0.2) is 11.3 Å². The van der Waals surface area contributed by atoms with Gasteiger partial charge >= 0.3 is 0 Å². The summed E-state index contributed by atoms with van der Waals surface area (Å²) < 4.78 is 5.80. The van der Waals surface area contributed by atoms with Gasteiger partial charge in [-0.25, -0.2) is 4.98 Å². The fourth-order valence-electron chi connectivity index (χ4n) is 2.78. The van der Waals surface area contributed by atoms with E-state index in [1.165, 1.54) is 0 Å². The molecule has 0 aliphatic carbocycles. The first-order valence-electron chi connectivity index (χ1n) is 8.80. The molecule has 0 aliphatic rings. The molecule has 9 heteroatoms. The number of pyridine rings is 1. The number of amides is 1. The predicted octanol–water partition coefficient (Wildman–Crippen LogP) is 3.10. The molecule has 0 bridgehead atoms. The number of aromatic amines is 1. The number of anilines is 1. The van der Waals surface area contributed by atoms with E-state index in [1.54, 1.807) is 24.3 Å². The fourth-order valence-corrected chi connectivity index (χ4v) is 3.01. The lowest BCUT2D eigenvalue weighted by molar-refractivity contribution is 0.0951. The Hall–Kier alpha value is -3.65. The van der Waals surface area contributed by atoms with Crippen LogP contribution in [0, 0.1) is 0 Å². The van der Waals surface area contributed by atoms with E-state index in [1.807, 2.05) is 30.3 Å². The number of nitrogens with two attached hydrogens (primary N) is 1. The Balaban J connectivity index is 1.43. The lowest BCUT2D eigenvalue weighted by Gasteiger charge is -2.10. The van der Waals surface area contributed by atoms with Gasteiger partial charge in [0, 0.05) is 28.8 Å². The molecular formula is C20H17ClN6O2. The number of carbonyl (C=O) groups is 1. The van der Waals surface area contributed by atoms with Gasteiger partial charge in [-0.1, -0.05) is 48.0 Å². The summed E-state index contributed by atoms with van der Waals surface area (Å²) in [5.74, 6) is 0.523. The lowest BCUT2D eigenvalue weighted by atomic mass is 10.1. The van der Waals surface area contributed by atoms with Crippen LogP contribution < -0.4 is 15.8 Å². The van der Waals surface area contributed by atoms with Gasteiger partial charge in [-0.15, -0.1) is 5.10 Å². The third-order valence-corrected chi connectivity index (χ3v) is 4.62. The van der Waals surface area contributed by atoms with Crippen LogP contribution in [-0.2, 0) is 13.2 Å². The van der Waals surface area contributed by atoms with Crippen LogP contribution in [0.3, 0.4) is 0 Å². The van der Waals surface area contributed by atoms with Crippen molar-refractivity contribution in [1.82, 2.24) is 25.7 Å². The SMILES string of the molecule is Nc1cc(OCc2ccc(C(=O)NCc3ccccc3)cc2Cl)c2n[nH]nc2n1. The number of benzene rings is 2. The Kier molecular flexibility index (Phi) is 5.26. The first-order chi connectivity index (χ1) is 14.1. The van der Waals surface area contributed by atoms with E-state index in [0.717, 1.165) is 11.1 Å². The number of hydrogen-bond acceptors (Lipinski definition) is 6. The van der Waals surface area contributed by atoms with Crippen LogP contribution in [-0.4, -0.2) is 26.3 Å². The predicted molar refractivity (Wildman–Crippen MR) is 109 cm³/mol. The summed E-state index contributed by atoms with van der Waals surface area (Å²) in [5, 5.41) is 13.7. The van der Waals surface area contributed by atoms with Crippen molar-refractivity contribution in [2.24, 2.45) is 0 Å². The van der Waals surface area contributed by atoms with Gasteiger partial charge in [0.2, 0.25) is 5.65 Å². The zero-order valence-corrected chi connectivity index (χ0v) is 16.0.